The van der Waals surface area contributed by atoms with Gasteiger partial charge in [-0.25, -0.2) is 0 Å². The second-order valence-electron chi connectivity index (χ2n) is 0.925. The fourth-order valence-corrected chi connectivity index (χ4v) is 0. The summed E-state index contributed by atoms with van der Waals surface area (Å²) in [6.07, 6.45) is 0. The maximum absolute atomic E-state index is 4.82. The zero-order chi connectivity index (χ0) is 4.28. The topological polar surface area (TPSA) is 38.0 Å². The molecule has 0 aromatic rings. The van der Waals surface area contributed by atoms with Gasteiger partial charge in [0.25, 0.3) is 0 Å². The number of hydrazine groups is 1. The normalized spacial score (nSPS) is 6.80. The summed E-state index contributed by atoms with van der Waals surface area (Å²) in [5.74, 6) is 4.82. The largest absolute Gasteiger partial charge is 0.329 e. The standard InChI is InChI=1S/C3H8N2/c1-3(2)5-4/h5H,1,4H2,2H3. The second kappa shape index (κ2) is 1.79. The Morgan fingerprint density at radius 2 is 2.20 bits per heavy atom. The lowest BCUT2D eigenvalue weighted by atomic mass is 10.6. The molecule has 3 N–H and O–H groups in total. The average molecular weight is 72.1 g/mol. The monoisotopic (exact) mass is 72.1 g/mol. The van der Waals surface area contributed by atoms with E-state index in [0.717, 1.165) is 5.70 Å². The average Bonchev–Trinajstić information content (AvgIpc) is 1.38. The number of nitrogens with one attached hydrogen (secondary N) is 1. The molecule has 0 fully saturated rings. The van der Waals surface area contributed by atoms with Gasteiger partial charge < -0.3 is 5.43 Å². The van der Waals surface area contributed by atoms with Crippen molar-refractivity contribution < 1.29 is 0 Å². The van der Waals surface area contributed by atoms with Gasteiger partial charge in [0.2, 0.25) is 0 Å². The summed E-state index contributed by atoms with van der Waals surface area (Å²) in [7, 11) is 0. The molecule has 0 aromatic heterocycles. The molecular formula is C3H8N2. The molecule has 0 aliphatic rings. The molecule has 0 rings (SSSR count). The van der Waals surface area contributed by atoms with E-state index in [1.54, 1.807) is 6.92 Å². The minimum Gasteiger partial charge on any atom is -0.329 e. The first-order valence-electron chi connectivity index (χ1n) is 1.39. The van der Waals surface area contributed by atoms with Crippen molar-refractivity contribution in [2.24, 2.45) is 5.84 Å². The first-order chi connectivity index (χ1) is 2.27. The van der Waals surface area contributed by atoms with Gasteiger partial charge in [0.05, 0.1) is 0 Å². The number of allylic oxidation sites excluding steroid dienone is 1. The van der Waals surface area contributed by atoms with Gasteiger partial charge in [-0.1, -0.05) is 6.58 Å². The molecule has 0 spiro atoms. The molecule has 0 atom stereocenters. The molecule has 0 aromatic carbocycles. The van der Waals surface area contributed by atoms with E-state index in [1.807, 2.05) is 0 Å². The summed E-state index contributed by atoms with van der Waals surface area (Å²) in [6.45, 7) is 5.23. The Kier molecular flexibility index (Phi) is 1.61. The molecule has 0 heterocycles. The summed E-state index contributed by atoms with van der Waals surface area (Å²) in [5, 5.41) is 0. The highest BCUT2D eigenvalue weighted by Crippen LogP contribution is 1.66. The van der Waals surface area contributed by atoms with E-state index in [1.165, 1.54) is 0 Å². The lowest BCUT2D eigenvalue weighted by Crippen LogP contribution is -2.17. The van der Waals surface area contributed by atoms with Crippen LogP contribution in [0.15, 0.2) is 12.3 Å². The number of nitrogens with two attached hydrogens (primary N) is 1. The van der Waals surface area contributed by atoms with Crippen LogP contribution in [-0.4, -0.2) is 0 Å². The number of rotatable bonds is 1. The lowest BCUT2D eigenvalue weighted by Gasteiger charge is -1.88. The zero-order valence-electron chi connectivity index (χ0n) is 3.28. The van der Waals surface area contributed by atoms with Crippen molar-refractivity contribution in [3.63, 3.8) is 0 Å². The molecule has 30 valence electrons. The Morgan fingerprint density at radius 3 is 2.20 bits per heavy atom. The fourth-order valence-electron chi connectivity index (χ4n) is 0. The summed E-state index contributed by atoms with van der Waals surface area (Å²) in [4.78, 5) is 0. The quantitative estimate of drug-likeness (QED) is 0.337. The highest BCUT2D eigenvalue weighted by molar-refractivity contribution is 4.79. The summed E-state index contributed by atoms with van der Waals surface area (Å²) >= 11 is 0. The first-order valence-corrected chi connectivity index (χ1v) is 1.39. The minimum atomic E-state index is 0.782. The van der Waals surface area contributed by atoms with Crippen molar-refractivity contribution in [3.8, 4) is 0 Å². The van der Waals surface area contributed by atoms with E-state index in [9.17, 15) is 0 Å². The maximum Gasteiger partial charge on any atom is 0.0156 e. The Balaban J connectivity index is 2.85. The molecule has 0 saturated heterocycles. The van der Waals surface area contributed by atoms with Gasteiger partial charge in [0.15, 0.2) is 0 Å². The lowest BCUT2D eigenvalue weighted by molar-refractivity contribution is 0.892. The minimum absolute atomic E-state index is 0.782. The molecule has 5 heavy (non-hydrogen) atoms. The Bertz CT molecular complexity index is 40.2. The van der Waals surface area contributed by atoms with Crippen LogP contribution in [0.2, 0.25) is 0 Å². The van der Waals surface area contributed by atoms with Gasteiger partial charge in [0.1, 0.15) is 0 Å². The van der Waals surface area contributed by atoms with Crippen LogP contribution < -0.4 is 11.3 Å². The van der Waals surface area contributed by atoms with E-state index in [0.29, 0.717) is 0 Å². The van der Waals surface area contributed by atoms with Gasteiger partial charge in [-0.15, -0.1) is 0 Å². The van der Waals surface area contributed by atoms with Crippen LogP contribution in [0.4, 0.5) is 0 Å². The highest BCUT2D eigenvalue weighted by atomic mass is 15.2. The van der Waals surface area contributed by atoms with Crippen LogP contribution in [-0.2, 0) is 0 Å². The summed E-state index contributed by atoms with van der Waals surface area (Å²) < 4.78 is 0. The third kappa shape index (κ3) is 3.50. The maximum atomic E-state index is 4.82. The molecule has 0 bridgehead atoms. The van der Waals surface area contributed by atoms with E-state index < -0.39 is 0 Å². The van der Waals surface area contributed by atoms with Crippen molar-refractivity contribution in [2.75, 3.05) is 0 Å². The molecule has 0 radical (unpaired) electrons. The van der Waals surface area contributed by atoms with Crippen LogP contribution in [0.3, 0.4) is 0 Å². The molecule has 0 aliphatic carbocycles. The number of hydrogen-bond donors (Lipinski definition) is 2. The van der Waals surface area contributed by atoms with E-state index in [2.05, 4.69) is 12.0 Å². The van der Waals surface area contributed by atoms with Gasteiger partial charge >= 0.3 is 0 Å². The Morgan fingerprint density at radius 1 is 2.00 bits per heavy atom. The Labute approximate surface area is 31.6 Å². The van der Waals surface area contributed by atoms with Gasteiger partial charge in [-0.2, -0.15) is 0 Å². The molecule has 0 unspecified atom stereocenters. The van der Waals surface area contributed by atoms with Crippen LogP contribution in [0.1, 0.15) is 6.92 Å². The van der Waals surface area contributed by atoms with Gasteiger partial charge in [-0.3, -0.25) is 5.84 Å². The molecule has 2 heteroatoms. The molecule has 0 saturated carbocycles. The first kappa shape index (κ1) is 4.50. The summed E-state index contributed by atoms with van der Waals surface area (Å²) in [5.41, 5.74) is 3.12. The van der Waals surface area contributed by atoms with Crippen LogP contribution in [0, 0.1) is 0 Å². The van der Waals surface area contributed by atoms with Crippen molar-refractivity contribution in [1.82, 2.24) is 5.43 Å². The van der Waals surface area contributed by atoms with Crippen LogP contribution in [0.5, 0.6) is 0 Å². The number of hydrogen-bond acceptors (Lipinski definition) is 2. The van der Waals surface area contributed by atoms with Gasteiger partial charge in [0, 0.05) is 5.70 Å². The second-order valence-corrected chi connectivity index (χ2v) is 0.925. The molecule has 0 amide bonds. The van der Waals surface area contributed by atoms with Crippen LogP contribution in [0.25, 0.3) is 0 Å². The molecule has 2 nitrogen and oxygen atoms in total. The van der Waals surface area contributed by atoms with E-state index in [4.69, 9.17) is 5.84 Å². The third-order valence-corrected chi connectivity index (χ3v) is 0.246. The van der Waals surface area contributed by atoms with Crippen molar-refractivity contribution in [2.45, 2.75) is 6.92 Å². The predicted octanol–water partition coefficient (Wildman–Crippen LogP) is -0.0167. The Hall–Kier alpha value is -0.500. The highest BCUT2D eigenvalue weighted by Gasteiger charge is 1.62. The fraction of sp³-hybridized carbons (Fsp3) is 0.333. The van der Waals surface area contributed by atoms with E-state index >= 15 is 0 Å². The van der Waals surface area contributed by atoms with E-state index in [-0.39, 0.29) is 0 Å². The van der Waals surface area contributed by atoms with Crippen molar-refractivity contribution >= 4 is 0 Å². The van der Waals surface area contributed by atoms with Crippen LogP contribution >= 0.6 is 0 Å². The third-order valence-electron chi connectivity index (χ3n) is 0.246. The predicted molar refractivity (Wildman–Crippen MR) is 22.1 cm³/mol. The summed E-state index contributed by atoms with van der Waals surface area (Å²) in [6, 6.07) is 0. The molecular weight excluding hydrogens is 64.0 g/mol. The van der Waals surface area contributed by atoms with Crippen molar-refractivity contribution in [3.05, 3.63) is 12.3 Å². The SMILES string of the molecule is C=C(C)NN. The smallest absolute Gasteiger partial charge is 0.0156 e. The van der Waals surface area contributed by atoms with Crippen molar-refractivity contribution in [1.29, 1.82) is 0 Å². The molecule has 0 aliphatic heterocycles. The van der Waals surface area contributed by atoms with Gasteiger partial charge in [-0.05, 0) is 6.92 Å². The zero-order valence-corrected chi connectivity index (χ0v) is 3.28.